The van der Waals surface area contributed by atoms with Gasteiger partial charge in [0.05, 0.1) is 24.1 Å². The Balaban J connectivity index is 1.68. The van der Waals surface area contributed by atoms with Crippen LogP contribution in [0.2, 0.25) is 0 Å². The van der Waals surface area contributed by atoms with Gasteiger partial charge >= 0.3 is 0 Å². The summed E-state index contributed by atoms with van der Waals surface area (Å²) in [5.41, 5.74) is 1.65. The van der Waals surface area contributed by atoms with Gasteiger partial charge in [0, 0.05) is 11.8 Å². The number of hydrogen-bond donors (Lipinski definition) is 3. The average molecular weight is 364 g/mol. The van der Waals surface area contributed by atoms with E-state index in [0.717, 1.165) is 27.2 Å². The Labute approximate surface area is 143 Å². The topological polar surface area (TPSA) is 104 Å². The molecule has 3 N–H and O–H groups in total. The van der Waals surface area contributed by atoms with Crippen LogP contribution in [0.4, 0.5) is 0 Å². The van der Waals surface area contributed by atoms with Gasteiger partial charge in [0.2, 0.25) is 15.9 Å². The van der Waals surface area contributed by atoms with E-state index in [1.165, 1.54) is 13.0 Å². The number of imidazole rings is 1. The molecule has 0 aliphatic carbocycles. The average Bonchev–Trinajstić information content (AvgIpc) is 3.17. The highest BCUT2D eigenvalue weighted by molar-refractivity contribution is 7.91. The SMILES string of the molecule is CC(=O)NCc1ccc(S(=O)(=O)NCc2nc3ccccc3[nH]2)s1. The molecule has 7 nitrogen and oxygen atoms in total. The molecule has 0 saturated heterocycles. The van der Waals surface area contributed by atoms with Gasteiger partial charge in [-0.05, 0) is 24.3 Å². The molecule has 0 fully saturated rings. The van der Waals surface area contributed by atoms with E-state index in [1.54, 1.807) is 6.07 Å². The lowest BCUT2D eigenvalue weighted by atomic mass is 10.3. The standard InChI is InChI=1S/C15H16N4O3S2/c1-10(20)16-8-11-6-7-15(23-11)24(21,22)17-9-14-18-12-4-2-3-5-13(12)19-14/h2-7,17H,8-9H2,1H3,(H,16,20)(H,18,19). The molecule has 24 heavy (non-hydrogen) atoms. The second-order valence-corrected chi connectivity index (χ2v) is 8.32. The van der Waals surface area contributed by atoms with E-state index in [9.17, 15) is 13.2 Å². The van der Waals surface area contributed by atoms with Crippen LogP contribution < -0.4 is 10.0 Å². The number of nitrogens with zero attached hydrogens (tertiary/aromatic N) is 1. The fourth-order valence-electron chi connectivity index (χ4n) is 2.13. The van der Waals surface area contributed by atoms with Crippen molar-refractivity contribution in [2.75, 3.05) is 0 Å². The van der Waals surface area contributed by atoms with Gasteiger partial charge in [-0.3, -0.25) is 4.79 Å². The van der Waals surface area contributed by atoms with Crippen molar-refractivity contribution < 1.29 is 13.2 Å². The second-order valence-electron chi connectivity index (χ2n) is 5.16. The third kappa shape index (κ3) is 3.81. The number of sulfonamides is 1. The summed E-state index contributed by atoms with van der Waals surface area (Å²) in [6.45, 7) is 1.81. The van der Waals surface area contributed by atoms with E-state index in [1.807, 2.05) is 24.3 Å². The quantitative estimate of drug-likeness (QED) is 0.620. The Morgan fingerprint density at radius 2 is 2.00 bits per heavy atom. The molecule has 9 heteroatoms. The number of benzene rings is 1. The fourth-order valence-corrected chi connectivity index (χ4v) is 4.46. The summed E-state index contributed by atoms with van der Waals surface area (Å²) in [6.07, 6.45) is 0. The number of H-pyrrole nitrogens is 1. The monoisotopic (exact) mass is 364 g/mol. The Morgan fingerprint density at radius 1 is 1.21 bits per heavy atom. The number of fused-ring (bicyclic) bond motifs is 1. The summed E-state index contributed by atoms with van der Waals surface area (Å²) in [4.78, 5) is 19.1. The van der Waals surface area contributed by atoms with Crippen molar-refractivity contribution >= 4 is 38.3 Å². The minimum Gasteiger partial charge on any atom is -0.351 e. The van der Waals surface area contributed by atoms with Gasteiger partial charge in [-0.2, -0.15) is 0 Å². The third-order valence-corrected chi connectivity index (χ3v) is 6.26. The van der Waals surface area contributed by atoms with Gasteiger partial charge in [0.1, 0.15) is 10.0 Å². The molecule has 0 spiro atoms. The van der Waals surface area contributed by atoms with E-state index in [2.05, 4.69) is 20.0 Å². The zero-order chi connectivity index (χ0) is 17.2. The summed E-state index contributed by atoms with van der Waals surface area (Å²) in [6, 6.07) is 10.7. The maximum atomic E-state index is 12.3. The van der Waals surface area contributed by atoms with Crippen molar-refractivity contribution in [3.8, 4) is 0 Å². The Morgan fingerprint density at radius 3 is 2.75 bits per heavy atom. The van der Waals surface area contributed by atoms with Crippen LogP contribution >= 0.6 is 11.3 Å². The summed E-state index contributed by atoms with van der Waals surface area (Å²) < 4.78 is 27.4. The van der Waals surface area contributed by atoms with E-state index in [0.29, 0.717) is 12.4 Å². The van der Waals surface area contributed by atoms with E-state index in [-0.39, 0.29) is 16.7 Å². The van der Waals surface area contributed by atoms with Crippen LogP contribution in [-0.4, -0.2) is 24.3 Å². The molecule has 3 aromatic rings. The Hall–Kier alpha value is -2.23. The molecule has 126 valence electrons. The molecule has 1 amide bonds. The van der Waals surface area contributed by atoms with Crippen molar-refractivity contribution in [2.24, 2.45) is 0 Å². The highest BCUT2D eigenvalue weighted by atomic mass is 32.2. The maximum absolute atomic E-state index is 12.3. The van der Waals surface area contributed by atoms with E-state index in [4.69, 9.17) is 0 Å². The molecule has 0 unspecified atom stereocenters. The molecule has 2 aromatic heterocycles. The van der Waals surface area contributed by atoms with Gasteiger partial charge < -0.3 is 10.3 Å². The minimum atomic E-state index is -3.62. The van der Waals surface area contributed by atoms with Crippen LogP contribution in [0.25, 0.3) is 11.0 Å². The van der Waals surface area contributed by atoms with Crippen molar-refractivity contribution in [1.82, 2.24) is 20.0 Å². The van der Waals surface area contributed by atoms with Crippen molar-refractivity contribution in [1.29, 1.82) is 0 Å². The molecule has 2 heterocycles. The largest absolute Gasteiger partial charge is 0.351 e. The predicted octanol–water partition coefficient (Wildman–Crippen LogP) is 1.74. The van der Waals surface area contributed by atoms with Crippen LogP contribution in [0.1, 0.15) is 17.6 Å². The lowest BCUT2D eigenvalue weighted by Crippen LogP contribution is -2.23. The van der Waals surface area contributed by atoms with Crippen molar-refractivity contribution in [2.45, 2.75) is 24.2 Å². The lowest BCUT2D eigenvalue weighted by Gasteiger charge is -2.02. The second kappa shape index (κ2) is 6.71. The molecule has 1 aromatic carbocycles. The van der Waals surface area contributed by atoms with Gasteiger partial charge in [0.25, 0.3) is 0 Å². The number of thiophene rings is 1. The smallest absolute Gasteiger partial charge is 0.250 e. The number of para-hydroxylation sites is 2. The zero-order valence-corrected chi connectivity index (χ0v) is 14.5. The summed E-state index contributed by atoms with van der Waals surface area (Å²) >= 11 is 1.13. The summed E-state index contributed by atoms with van der Waals surface area (Å²) in [5, 5.41) is 2.64. The van der Waals surface area contributed by atoms with E-state index >= 15 is 0 Å². The van der Waals surface area contributed by atoms with Crippen LogP contribution in [0.15, 0.2) is 40.6 Å². The highest BCUT2D eigenvalue weighted by Gasteiger charge is 2.17. The molecule has 0 aliphatic rings. The number of aromatic amines is 1. The molecular formula is C15H16N4O3S2. The highest BCUT2D eigenvalue weighted by Crippen LogP contribution is 2.21. The number of aromatic nitrogens is 2. The molecule has 3 rings (SSSR count). The third-order valence-electron chi connectivity index (χ3n) is 3.28. The molecule has 0 aliphatic heterocycles. The lowest BCUT2D eigenvalue weighted by molar-refractivity contribution is -0.119. The molecular weight excluding hydrogens is 348 g/mol. The number of carbonyl (C=O) groups excluding carboxylic acids is 1. The molecule has 0 saturated carbocycles. The molecule has 0 atom stereocenters. The van der Waals surface area contributed by atoms with Gasteiger partial charge in [-0.1, -0.05) is 12.1 Å². The fraction of sp³-hybridized carbons (Fsp3) is 0.200. The van der Waals surface area contributed by atoms with Crippen LogP contribution in [-0.2, 0) is 27.9 Å². The first kappa shape index (κ1) is 16.6. The van der Waals surface area contributed by atoms with Crippen LogP contribution in [0, 0.1) is 0 Å². The van der Waals surface area contributed by atoms with E-state index < -0.39 is 10.0 Å². The number of carbonyl (C=O) groups is 1. The first-order chi connectivity index (χ1) is 11.4. The number of hydrogen-bond acceptors (Lipinski definition) is 5. The Kier molecular flexibility index (Phi) is 4.65. The van der Waals surface area contributed by atoms with Crippen molar-refractivity contribution in [3.05, 3.63) is 47.1 Å². The minimum absolute atomic E-state index is 0.0793. The number of amides is 1. The summed E-state index contributed by atoms with van der Waals surface area (Å²) in [5.74, 6) is 0.394. The first-order valence-electron chi connectivity index (χ1n) is 7.20. The van der Waals surface area contributed by atoms with Gasteiger partial charge in [-0.25, -0.2) is 18.1 Å². The predicted molar refractivity (Wildman–Crippen MR) is 92.0 cm³/mol. The maximum Gasteiger partial charge on any atom is 0.250 e. The number of nitrogens with one attached hydrogen (secondary N) is 3. The van der Waals surface area contributed by atoms with Crippen LogP contribution in [0.3, 0.4) is 0 Å². The zero-order valence-electron chi connectivity index (χ0n) is 12.9. The van der Waals surface area contributed by atoms with Gasteiger partial charge in [0.15, 0.2) is 0 Å². The Bertz CT molecular complexity index is 942. The van der Waals surface area contributed by atoms with Crippen LogP contribution in [0.5, 0.6) is 0 Å². The van der Waals surface area contributed by atoms with Crippen molar-refractivity contribution in [3.63, 3.8) is 0 Å². The molecule has 0 radical (unpaired) electrons. The van der Waals surface area contributed by atoms with Gasteiger partial charge in [-0.15, -0.1) is 11.3 Å². The first-order valence-corrected chi connectivity index (χ1v) is 9.50. The normalized spacial score (nSPS) is 11.7. The number of rotatable bonds is 6. The molecule has 0 bridgehead atoms. The summed E-state index contributed by atoms with van der Waals surface area (Å²) in [7, 11) is -3.62.